The predicted molar refractivity (Wildman–Crippen MR) is 212 cm³/mol. The van der Waals surface area contributed by atoms with E-state index in [1.165, 1.54) is 12.1 Å². The second-order valence-electron chi connectivity index (χ2n) is 19.2. The quantitative estimate of drug-likeness (QED) is 0.178. The number of hydrogen-bond acceptors (Lipinski definition) is 7. The highest BCUT2D eigenvalue weighted by atomic mass is 19.4. The van der Waals surface area contributed by atoms with Gasteiger partial charge in [0, 0.05) is 76.3 Å². The molecule has 0 radical (unpaired) electrons. The Kier molecular flexibility index (Phi) is 7.66. The molecular weight excluding hydrogens is 740 g/mol. The first-order valence-corrected chi connectivity index (χ1v) is 20.4. The van der Waals surface area contributed by atoms with Crippen LogP contribution in [0.5, 0.6) is 0 Å². The number of ketones is 2. The third-order valence-corrected chi connectivity index (χ3v) is 13.8. The number of carbonyl (C=O) groups is 2. The zero-order valence-electron chi connectivity index (χ0n) is 33.4. The Morgan fingerprint density at radius 3 is 2.09 bits per heavy atom. The molecule has 3 unspecified atom stereocenters. The van der Waals surface area contributed by atoms with Crippen molar-refractivity contribution in [3.05, 3.63) is 116 Å². The van der Waals surface area contributed by atoms with Gasteiger partial charge in [-0.25, -0.2) is 0 Å². The first-order chi connectivity index (χ1) is 27.4. The molecule has 0 bridgehead atoms. The monoisotopic (exact) mass is 785 g/mol. The summed E-state index contributed by atoms with van der Waals surface area (Å²) < 4.78 is 44.6. The van der Waals surface area contributed by atoms with E-state index >= 15 is 0 Å². The van der Waals surface area contributed by atoms with Gasteiger partial charge in [-0.3, -0.25) is 19.4 Å². The zero-order chi connectivity index (χ0) is 40.7. The summed E-state index contributed by atoms with van der Waals surface area (Å²) in [6.45, 7) is 10.7. The SMILES string of the molecule is CC1(C)CC(=O)C2=C(C1)Nc1nn(CC3(C)CC(=O)C4=C(C3)Nc3n[nH]c(C5CC5)c3C4(C)c3cccc(C(F)(F)F)c3)c(C3CC3)c1C2(C)c1cccc(C#N)c1. The number of benzene rings is 2. The Balaban J connectivity index is 1.09. The molecule has 12 heteroatoms. The molecule has 10 rings (SSSR count). The number of halogens is 3. The molecule has 4 heterocycles. The van der Waals surface area contributed by atoms with Crippen molar-refractivity contribution in [2.45, 2.75) is 121 Å². The molecule has 2 aromatic heterocycles. The second kappa shape index (κ2) is 12.1. The summed E-state index contributed by atoms with van der Waals surface area (Å²) in [5, 5.41) is 30.3. The molecule has 0 amide bonds. The summed E-state index contributed by atoms with van der Waals surface area (Å²) in [5.74, 6) is 1.64. The minimum Gasteiger partial charge on any atom is -0.342 e. The molecule has 298 valence electrons. The Morgan fingerprint density at radius 2 is 1.41 bits per heavy atom. The lowest BCUT2D eigenvalue weighted by atomic mass is 9.61. The number of anilines is 2. The van der Waals surface area contributed by atoms with Gasteiger partial charge in [0.1, 0.15) is 0 Å². The predicted octanol–water partition coefficient (Wildman–Crippen LogP) is 9.68. The van der Waals surface area contributed by atoms with Crippen molar-refractivity contribution in [2.75, 3.05) is 10.6 Å². The van der Waals surface area contributed by atoms with E-state index in [1.54, 1.807) is 12.1 Å². The van der Waals surface area contributed by atoms with Crippen LogP contribution in [0.4, 0.5) is 24.8 Å². The van der Waals surface area contributed by atoms with Crippen molar-refractivity contribution >= 4 is 23.2 Å². The van der Waals surface area contributed by atoms with E-state index in [2.05, 4.69) is 59.3 Å². The number of aromatic amines is 1. The molecule has 0 spiro atoms. The van der Waals surface area contributed by atoms with E-state index in [0.717, 1.165) is 71.1 Å². The lowest BCUT2D eigenvalue weighted by Crippen LogP contribution is -2.44. The second-order valence-corrected chi connectivity index (χ2v) is 19.2. The molecular formula is C46H46F3N7O2. The number of carbonyl (C=O) groups excluding carboxylic acids is 2. The van der Waals surface area contributed by atoms with Gasteiger partial charge in [-0.2, -0.15) is 28.6 Å². The number of allylic oxidation sites excluding steroid dienone is 4. The van der Waals surface area contributed by atoms with Gasteiger partial charge in [-0.05, 0) is 92.5 Å². The smallest absolute Gasteiger partial charge is 0.342 e. The van der Waals surface area contributed by atoms with Crippen LogP contribution < -0.4 is 10.6 Å². The maximum atomic E-state index is 14.9. The van der Waals surface area contributed by atoms with Crippen LogP contribution in [0.15, 0.2) is 71.1 Å². The van der Waals surface area contributed by atoms with Gasteiger partial charge in [0.2, 0.25) is 0 Å². The maximum absolute atomic E-state index is 14.9. The molecule has 2 saturated carbocycles. The normalized spacial score (nSPS) is 27.6. The first-order valence-electron chi connectivity index (χ1n) is 20.4. The highest BCUT2D eigenvalue weighted by Gasteiger charge is 2.55. The number of aromatic nitrogens is 4. The molecule has 3 N–H and O–H groups in total. The largest absolute Gasteiger partial charge is 0.416 e. The lowest BCUT2D eigenvalue weighted by Gasteiger charge is -2.45. The van der Waals surface area contributed by atoms with Crippen molar-refractivity contribution in [2.24, 2.45) is 10.8 Å². The number of Topliss-reactive ketones (excluding diaryl/α,β-unsaturated/α-hetero) is 2. The number of nitrogens with one attached hydrogen (secondary N) is 3. The van der Waals surface area contributed by atoms with Gasteiger partial charge < -0.3 is 10.6 Å². The molecule has 0 saturated heterocycles. The van der Waals surface area contributed by atoms with Crippen LogP contribution in [0.1, 0.15) is 143 Å². The molecule has 58 heavy (non-hydrogen) atoms. The number of H-pyrrole nitrogens is 1. The van der Waals surface area contributed by atoms with Crippen LogP contribution in [0.3, 0.4) is 0 Å². The molecule has 2 fully saturated rings. The fourth-order valence-electron chi connectivity index (χ4n) is 11.0. The van der Waals surface area contributed by atoms with Crippen molar-refractivity contribution in [1.29, 1.82) is 5.26 Å². The fourth-order valence-corrected chi connectivity index (χ4v) is 11.0. The molecule has 4 aliphatic carbocycles. The van der Waals surface area contributed by atoms with Crippen LogP contribution in [0.25, 0.3) is 0 Å². The van der Waals surface area contributed by atoms with E-state index < -0.39 is 28.0 Å². The zero-order valence-corrected chi connectivity index (χ0v) is 33.4. The highest BCUT2D eigenvalue weighted by molar-refractivity contribution is 6.04. The molecule has 2 aromatic carbocycles. The van der Waals surface area contributed by atoms with Crippen LogP contribution >= 0.6 is 0 Å². The summed E-state index contributed by atoms with van der Waals surface area (Å²) in [6, 6.07) is 15.2. The minimum absolute atomic E-state index is 0.0860. The molecule has 3 atom stereocenters. The van der Waals surface area contributed by atoms with Gasteiger partial charge >= 0.3 is 6.18 Å². The summed E-state index contributed by atoms with van der Waals surface area (Å²) in [4.78, 5) is 29.2. The fraction of sp³-hybridized carbons (Fsp3) is 0.457. The molecule has 6 aliphatic rings. The molecule has 9 nitrogen and oxygen atoms in total. The average molecular weight is 786 g/mol. The van der Waals surface area contributed by atoms with Gasteiger partial charge in [-0.1, -0.05) is 51.1 Å². The number of fused-ring (bicyclic) bond motifs is 2. The third-order valence-electron chi connectivity index (χ3n) is 13.8. The highest BCUT2D eigenvalue weighted by Crippen LogP contribution is 2.59. The van der Waals surface area contributed by atoms with Gasteiger partial charge in [0.15, 0.2) is 23.2 Å². The lowest BCUT2D eigenvalue weighted by molar-refractivity contribution is -0.137. The average Bonchev–Trinajstić information content (AvgIpc) is 4.09. The number of alkyl halides is 3. The van der Waals surface area contributed by atoms with Crippen LogP contribution in [-0.4, -0.2) is 31.5 Å². The van der Waals surface area contributed by atoms with Crippen LogP contribution in [0.2, 0.25) is 0 Å². The van der Waals surface area contributed by atoms with Gasteiger partial charge in [0.25, 0.3) is 0 Å². The Bertz CT molecular complexity index is 2600. The maximum Gasteiger partial charge on any atom is 0.416 e. The van der Waals surface area contributed by atoms with Crippen molar-refractivity contribution in [1.82, 2.24) is 20.0 Å². The van der Waals surface area contributed by atoms with Crippen molar-refractivity contribution in [3.8, 4) is 6.07 Å². The summed E-state index contributed by atoms with van der Waals surface area (Å²) in [5.41, 5.74) is 4.48. The molecule has 2 aliphatic heterocycles. The van der Waals surface area contributed by atoms with Crippen molar-refractivity contribution in [3.63, 3.8) is 0 Å². The standard InChI is InChI=1S/C46H46F3N7O2/c1-42(2)18-30-34(32(57)20-42)45(5,27-9-6-8-24(16-27)22-50)37-39(26-14-15-26)56(55-41(37)52-30)23-43(3)19-31-35(33(58)21-43)44(4,28-10-7-11-29(17-28)46(47,48)49)36-38(25-12-13-25)53-54-40(36)51-31/h6-11,16-17,25-26H,12-15,18-21,23H2,1-5H3,(H,52,55)(H2,51,53,54). The number of rotatable bonds is 6. The van der Waals surface area contributed by atoms with Gasteiger partial charge in [-0.15, -0.1) is 0 Å². The topological polar surface area (TPSA) is 128 Å². The number of nitrogens with zero attached hydrogens (tertiary/aromatic N) is 4. The van der Waals surface area contributed by atoms with Crippen LogP contribution in [-0.2, 0) is 33.1 Å². The van der Waals surface area contributed by atoms with E-state index in [0.29, 0.717) is 59.8 Å². The third kappa shape index (κ3) is 5.48. The molecule has 4 aromatic rings. The summed E-state index contributed by atoms with van der Waals surface area (Å²) in [7, 11) is 0. The van der Waals surface area contributed by atoms with E-state index in [1.807, 2.05) is 25.1 Å². The Labute approximate surface area is 335 Å². The number of nitriles is 1. The van der Waals surface area contributed by atoms with E-state index in [4.69, 9.17) is 5.10 Å². The van der Waals surface area contributed by atoms with Crippen LogP contribution in [0, 0.1) is 22.2 Å². The Morgan fingerprint density at radius 1 is 0.793 bits per heavy atom. The number of hydrogen-bond donors (Lipinski definition) is 3. The minimum atomic E-state index is -4.55. The van der Waals surface area contributed by atoms with E-state index in [9.17, 15) is 28.0 Å². The summed E-state index contributed by atoms with van der Waals surface area (Å²) >= 11 is 0. The van der Waals surface area contributed by atoms with E-state index in [-0.39, 0.29) is 35.2 Å². The van der Waals surface area contributed by atoms with Gasteiger partial charge in [0.05, 0.1) is 28.0 Å². The summed E-state index contributed by atoms with van der Waals surface area (Å²) in [6.07, 6.45) is 0.969. The van der Waals surface area contributed by atoms with Crippen molar-refractivity contribution < 1.29 is 22.8 Å². The first kappa shape index (κ1) is 36.9. The Hall–Kier alpha value is -5.44.